The first-order chi connectivity index (χ1) is 8.18. The van der Waals surface area contributed by atoms with Crippen LogP contribution >= 0.6 is 15.9 Å². The number of carbonyl (C=O) groups is 1. The summed E-state index contributed by atoms with van der Waals surface area (Å²) in [4.78, 5) is 10.8. The number of halogens is 1. The van der Waals surface area contributed by atoms with Gasteiger partial charge in [0, 0.05) is 0 Å². The number of aromatic nitrogens is 3. The minimum Gasteiger partial charge on any atom is -0.486 e. The summed E-state index contributed by atoms with van der Waals surface area (Å²) in [5.74, 6) is -0.517. The lowest BCUT2D eigenvalue weighted by atomic mass is 10.3. The molecule has 0 unspecified atom stereocenters. The molecule has 0 saturated carbocycles. The van der Waals surface area contributed by atoms with Gasteiger partial charge in [-0.15, -0.1) is 5.10 Å². The van der Waals surface area contributed by atoms with Gasteiger partial charge in [-0.1, -0.05) is 12.1 Å². The van der Waals surface area contributed by atoms with Gasteiger partial charge in [-0.05, 0) is 28.1 Å². The number of aromatic amines is 1. The van der Waals surface area contributed by atoms with E-state index in [0.717, 1.165) is 4.47 Å². The Morgan fingerprint density at radius 3 is 2.88 bits per heavy atom. The lowest BCUT2D eigenvalue weighted by Gasteiger charge is -2.05. The van der Waals surface area contributed by atoms with Crippen molar-refractivity contribution in [2.75, 3.05) is 0 Å². The summed E-state index contributed by atoms with van der Waals surface area (Å²) < 4.78 is 6.23. The van der Waals surface area contributed by atoms with Crippen molar-refractivity contribution in [3.8, 4) is 5.75 Å². The fourth-order valence-corrected chi connectivity index (χ4v) is 1.63. The van der Waals surface area contributed by atoms with E-state index in [4.69, 9.17) is 9.84 Å². The minimum atomic E-state index is -1.13. The van der Waals surface area contributed by atoms with Crippen LogP contribution in [-0.2, 0) is 6.61 Å². The molecule has 2 N–H and O–H groups in total. The fourth-order valence-electron chi connectivity index (χ4n) is 1.23. The average Bonchev–Trinajstić information content (AvgIpc) is 2.76. The van der Waals surface area contributed by atoms with Crippen molar-refractivity contribution >= 4 is 21.9 Å². The highest BCUT2D eigenvalue weighted by Gasteiger charge is 2.15. The third kappa shape index (κ3) is 2.62. The zero-order chi connectivity index (χ0) is 12.3. The number of nitrogens with zero attached hydrogens (tertiary/aromatic N) is 2. The molecule has 0 bridgehead atoms. The number of rotatable bonds is 4. The van der Waals surface area contributed by atoms with Crippen molar-refractivity contribution in [1.29, 1.82) is 0 Å². The maximum Gasteiger partial charge on any atom is 0.358 e. The monoisotopic (exact) mass is 297 g/mol. The topological polar surface area (TPSA) is 88.1 Å². The molecule has 1 aromatic heterocycles. The van der Waals surface area contributed by atoms with Crippen LogP contribution in [0.15, 0.2) is 28.7 Å². The average molecular weight is 298 g/mol. The number of para-hydroxylation sites is 1. The normalized spacial score (nSPS) is 10.2. The summed E-state index contributed by atoms with van der Waals surface area (Å²) in [5.41, 5.74) is 0.130. The van der Waals surface area contributed by atoms with Crippen molar-refractivity contribution in [1.82, 2.24) is 15.4 Å². The minimum absolute atomic E-state index is 0.0424. The quantitative estimate of drug-likeness (QED) is 0.899. The predicted molar refractivity (Wildman–Crippen MR) is 61.8 cm³/mol. The van der Waals surface area contributed by atoms with Gasteiger partial charge in [0.2, 0.25) is 0 Å². The molecule has 17 heavy (non-hydrogen) atoms. The van der Waals surface area contributed by atoms with Gasteiger partial charge in [-0.25, -0.2) is 4.79 Å². The van der Waals surface area contributed by atoms with E-state index in [1.165, 1.54) is 0 Å². The first-order valence-electron chi connectivity index (χ1n) is 4.68. The van der Waals surface area contributed by atoms with Crippen LogP contribution in [0.3, 0.4) is 0 Å². The van der Waals surface area contributed by atoms with Crippen molar-refractivity contribution in [3.05, 3.63) is 40.1 Å². The molecule has 7 heteroatoms. The molecular weight excluding hydrogens is 290 g/mol. The molecule has 0 aliphatic rings. The van der Waals surface area contributed by atoms with Gasteiger partial charge in [0.25, 0.3) is 0 Å². The van der Waals surface area contributed by atoms with Crippen LogP contribution in [0, 0.1) is 0 Å². The Morgan fingerprint density at radius 1 is 1.41 bits per heavy atom. The molecular formula is C10H8BrN3O3. The van der Waals surface area contributed by atoms with Gasteiger partial charge < -0.3 is 9.84 Å². The number of ether oxygens (including phenoxy) is 1. The van der Waals surface area contributed by atoms with Crippen molar-refractivity contribution in [3.63, 3.8) is 0 Å². The SMILES string of the molecule is O=C(O)c1n[nH]nc1COc1ccccc1Br. The maximum absolute atomic E-state index is 10.8. The molecule has 88 valence electrons. The lowest BCUT2D eigenvalue weighted by Crippen LogP contribution is -2.05. The highest BCUT2D eigenvalue weighted by molar-refractivity contribution is 9.10. The van der Waals surface area contributed by atoms with E-state index in [9.17, 15) is 4.79 Å². The van der Waals surface area contributed by atoms with Crippen LogP contribution in [-0.4, -0.2) is 26.5 Å². The summed E-state index contributed by atoms with van der Waals surface area (Å²) in [6.07, 6.45) is 0. The van der Waals surface area contributed by atoms with E-state index >= 15 is 0 Å². The molecule has 6 nitrogen and oxygen atoms in total. The van der Waals surface area contributed by atoms with E-state index < -0.39 is 5.97 Å². The van der Waals surface area contributed by atoms with E-state index in [-0.39, 0.29) is 18.0 Å². The standard InChI is InChI=1S/C10H8BrN3O3/c11-6-3-1-2-4-8(6)17-5-7-9(10(15)16)13-14-12-7/h1-4H,5H2,(H,15,16)(H,12,13,14). The van der Waals surface area contributed by atoms with Crippen molar-refractivity contribution in [2.45, 2.75) is 6.61 Å². The number of hydrogen-bond acceptors (Lipinski definition) is 4. The fraction of sp³-hybridized carbons (Fsp3) is 0.100. The summed E-state index contributed by atoms with van der Waals surface area (Å²) in [6.45, 7) is 0.0424. The first kappa shape index (κ1) is 11.6. The molecule has 1 heterocycles. The highest BCUT2D eigenvalue weighted by Crippen LogP contribution is 2.24. The van der Waals surface area contributed by atoms with E-state index in [0.29, 0.717) is 5.75 Å². The zero-order valence-corrected chi connectivity index (χ0v) is 10.1. The Morgan fingerprint density at radius 2 is 2.18 bits per heavy atom. The molecule has 0 aliphatic heterocycles. The molecule has 0 amide bonds. The Hall–Kier alpha value is -1.89. The van der Waals surface area contributed by atoms with E-state index in [1.807, 2.05) is 18.2 Å². The van der Waals surface area contributed by atoms with Gasteiger partial charge in [-0.3, -0.25) is 0 Å². The molecule has 2 rings (SSSR count). The number of carboxylic acids is 1. The van der Waals surface area contributed by atoms with Crippen LogP contribution in [0.1, 0.15) is 16.2 Å². The number of nitrogens with one attached hydrogen (secondary N) is 1. The number of carboxylic acid groups (broad SMARTS) is 1. The summed E-state index contributed by atoms with van der Waals surface area (Å²) in [7, 11) is 0. The van der Waals surface area contributed by atoms with Gasteiger partial charge >= 0.3 is 5.97 Å². The zero-order valence-electron chi connectivity index (χ0n) is 8.55. The Balaban J connectivity index is 2.10. The maximum atomic E-state index is 10.8. The molecule has 2 aromatic rings. The molecule has 0 spiro atoms. The van der Waals surface area contributed by atoms with Crippen LogP contribution in [0.5, 0.6) is 5.75 Å². The van der Waals surface area contributed by atoms with Crippen molar-refractivity contribution in [2.24, 2.45) is 0 Å². The molecule has 0 atom stereocenters. The Kier molecular flexibility index (Phi) is 3.38. The number of hydrogen-bond donors (Lipinski definition) is 2. The molecule has 0 aliphatic carbocycles. The molecule has 0 saturated heterocycles. The molecule has 0 radical (unpaired) electrons. The van der Waals surface area contributed by atoms with E-state index in [2.05, 4.69) is 31.3 Å². The number of aromatic carboxylic acids is 1. The summed E-state index contributed by atoms with van der Waals surface area (Å²) in [5, 5.41) is 18.3. The van der Waals surface area contributed by atoms with Gasteiger partial charge in [0.1, 0.15) is 18.1 Å². The van der Waals surface area contributed by atoms with Crippen LogP contribution in [0.4, 0.5) is 0 Å². The second-order valence-corrected chi connectivity index (χ2v) is 4.00. The van der Waals surface area contributed by atoms with Crippen LogP contribution < -0.4 is 4.74 Å². The third-order valence-corrected chi connectivity index (χ3v) is 2.68. The van der Waals surface area contributed by atoms with Gasteiger partial charge in [0.05, 0.1) is 4.47 Å². The smallest absolute Gasteiger partial charge is 0.358 e. The summed E-state index contributed by atoms with van der Waals surface area (Å²) in [6, 6.07) is 7.28. The van der Waals surface area contributed by atoms with Crippen LogP contribution in [0.25, 0.3) is 0 Å². The van der Waals surface area contributed by atoms with Gasteiger partial charge in [0.15, 0.2) is 5.69 Å². The Labute approximate surface area is 105 Å². The largest absolute Gasteiger partial charge is 0.486 e. The first-order valence-corrected chi connectivity index (χ1v) is 5.48. The Bertz CT molecular complexity index is 541. The lowest BCUT2D eigenvalue weighted by molar-refractivity contribution is 0.0687. The predicted octanol–water partition coefficient (Wildman–Crippen LogP) is 1.84. The highest BCUT2D eigenvalue weighted by atomic mass is 79.9. The molecule has 0 fully saturated rings. The molecule has 1 aromatic carbocycles. The third-order valence-electron chi connectivity index (χ3n) is 2.02. The second-order valence-electron chi connectivity index (χ2n) is 3.14. The van der Waals surface area contributed by atoms with Crippen LogP contribution in [0.2, 0.25) is 0 Å². The van der Waals surface area contributed by atoms with Crippen molar-refractivity contribution < 1.29 is 14.6 Å². The number of H-pyrrole nitrogens is 1. The van der Waals surface area contributed by atoms with E-state index in [1.54, 1.807) is 6.07 Å². The number of benzene rings is 1. The summed E-state index contributed by atoms with van der Waals surface area (Å²) >= 11 is 3.32. The van der Waals surface area contributed by atoms with Gasteiger partial charge in [-0.2, -0.15) is 10.3 Å². The second kappa shape index (κ2) is 4.96.